The fraction of sp³-hybridized carbons (Fsp3) is 0.0909. The van der Waals surface area contributed by atoms with Crippen molar-refractivity contribution in [2.24, 2.45) is 0 Å². The van der Waals surface area contributed by atoms with Crippen LogP contribution in [-0.2, 0) is 4.79 Å². The van der Waals surface area contributed by atoms with Gasteiger partial charge in [-0.05, 0) is 24.3 Å². The van der Waals surface area contributed by atoms with Crippen LogP contribution in [0.3, 0.4) is 0 Å². The minimum atomic E-state index is -4.90. The number of carbonyl (C=O) groups is 1. The number of rotatable bonds is 2. The van der Waals surface area contributed by atoms with Crippen LogP contribution < -0.4 is 5.32 Å². The lowest BCUT2D eigenvalue weighted by Crippen LogP contribution is -2.29. The zero-order valence-electron chi connectivity index (χ0n) is 8.98. The number of benzene rings is 1. The van der Waals surface area contributed by atoms with Gasteiger partial charge in [-0.25, -0.2) is 4.68 Å². The minimum absolute atomic E-state index is 0.0605. The van der Waals surface area contributed by atoms with Crippen LogP contribution in [0.25, 0.3) is 5.69 Å². The maximum atomic E-state index is 12.1. The summed E-state index contributed by atoms with van der Waals surface area (Å²) >= 11 is 0. The standard InChI is InChI=1S/C11H8F3N3O/c12-11(13,14)10(18)16-8-3-1-4-9(7-8)17-6-2-5-15-17/h1-7H,(H,16,18). The van der Waals surface area contributed by atoms with E-state index in [1.165, 1.54) is 22.9 Å². The van der Waals surface area contributed by atoms with E-state index in [-0.39, 0.29) is 5.69 Å². The fourth-order valence-corrected chi connectivity index (χ4v) is 1.35. The third kappa shape index (κ3) is 2.68. The molecular weight excluding hydrogens is 247 g/mol. The average molecular weight is 255 g/mol. The van der Waals surface area contributed by atoms with E-state index in [0.29, 0.717) is 5.69 Å². The van der Waals surface area contributed by atoms with Gasteiger partial charge in [0.15, 0.2) is 0 Å². The Balaban J connectivity index is 2.21. The van der Waals surface area contributed by atoms with Gasteiger partial charge in [-0.2, -0.15) is 18.3 Å². The third-order valence-electron chi connectivity index (χ3n) is 2.13. The van der Waals surface area contributed by atoms with E-state index in [2.05, 4.69) is 5.10 Å². The highest BCUT2D eigenvalue weighted by Gasteiger charge is 2.38. The van der Waals surface area contributed by atoms with Crippen LogP contribution in [0.2, 0.25) is 0 Å². The minimum Gasteiger partial charge on any atom is -0.318 e. The first-order valence-electron chi connectivity index (χ1n) is 4.95. The van der Waals surface area contributed by atoms with Gasteiger partial charge >= 0.3 is 12.1 Å². The smallest absolute Gasteiger partial charge is 0.318 e. The number of hydrogen-bond acceptors (Lipinski definition) is 2. The number of nitrogens with zero attached hydrogens (tertiary/aromatic N) is 2. The van der Waals surface area contributed by atoms with E-state index in [9.17, 15) is 18.0 Å². The van der Waals surface area contributed by atoms with E-state index < -0.39 is 12.1 Å². The lowest BCUT2D eigenvalue weighted by Gasteiger charge is -2.09. The molecule has 0 aliphatic heterocycles. The molecule has 0 saturated carbocycles. The number of anilines is 1. The summed E-state index contributed by atoms with van der Waals surface area (Å²) in [6.07, 6.45) is -1.71. The second kappa shape index (κ2) is 4.52. The number of carbonyl (C=O) groups excluding carboxylic acids is 1. The Morgan fingerprint density at radius 1 is 1.28 bits per heavy atom. The molecule has 1 aromatic heterocycles. The predicted molar refractivity (Wildman–Crippen MR) is 58.2 cm³/mol. The Morgan fingerprint density at radius 3 is 2.67 bits per heavy atom. The molecule has 1 aromatic carbocycles. The van der Waals surface area contributed by atoms with Crippen molar-refractivity contribution in [1.29, 1.82) is 0 Å². The number of alkyl halides is 3. The Hall–Kier alpha value is -2.31. The van der Waals surface area contributed by atoms with Crippen LogP contribution in [0, 0.1) is 0 Å². The van der Waals surface area contributed by atoms with E-state index in [1.807, 2.05) is 0 Å². The fourth-order valence-electron chi connectivity index (χ4n) is 1.35. The topological polar surface area (TPSA) is 46.9 Å². The summed E-state index contributed by atoms with van der Waals surface area (Å²) < 4.78 is 37.7. The van der Waals surface area contributed by atoms with Crippen molar-refractivity contribution in [2.75, 3.05) is 5.32 Å². The first kappa shape index (κ1) is 12.2. The average Bonchev–Trinajstić information content (AvgIpc) is 2.81. The van der Waals surface area contributed by atoms with Crippen LogP contribution in [0.1, 0.15) is 0 Å². The lowest BCUT2D eigenvalue weighted by molar-refractivity contribution is -0.167. The molecule has 2 rings (SSSR count). The van der Waals surface area contributed by atoms with Crippen LogP contribution in [0.15, 0.2) is 42.7 Å². The highest BCUT2D eigenvalue weighted by molar-refractivity contribution is 5.95. The monoisotopic (exact) mass is 255 g/mol. The van der Waals surface area contributed by atoms with Gasteiger partial charge in [0.2, 0.25) is 0 Å². The highest BCUT2D eigenvalue weighted by atomic mass is 19.4. The van der Waals surface area contributed by atoms with Crippen molar-refractivity contribution >= 4 is 11.6 Å². The summed E-state index contributed by atoms with van der Waals surface area (Å²) in [5.74, 6) is -2.00. The summed E-state index contributed by atoms with van der Waals surface area (Å²) in [5.41, 5.74) is 0.616. The molecule has 2 aromatic rings. The summed E-state index contributed by atoms with van der Waals surface area (Å²) in [4.78, 5) is 10.8. The molecular formula is C11H8F3N3O. The van der Waals surface area contributed by atoms with Gasteiger partial charge in [0.25, 0.3) is 0 Å². The summed E-state index contributed by atoms with van der Waals surface area (Å²) in [6, 6.07) is 7.65. The lowest BCUT2D eigenvalue weighted by atomic mass is 10.2. The number of halogens is 3. The van der Waals surface area contributed by atoms with E-state index in [1.54, 1.807) is 29.8 Å². The van der Waals surface area contributed by atoms with Gasteiger partial charge in [0.05, 0.1) is 5.69 Å². The van der Waals surface area contributed by atoms with Crippen LogP contribution in [0.5, 0.6) is 0 Å². The first-order chi connectivity index (χ1) is 8.47. The molecule has 0 atom stereocenters. The molecule has 0 unspecified atom stereocenters. The molecule has 7 heteroatoms. The Labute approximate surface area is 100 Å². The second-order valence-electron chi connectivity index (χ2n) is 3.45. The Kier molecular flexibility index (Phi) is 3.05. The zero-order chi connectivity index (χ0) is 13.2. The van der Waals surface area contributed by atoms with Crippen LogP contribution in [0.4, 0.5) is 18.9 Å². The SMILES string of the molecule is O=C(Nc1cccc(-n2cccn2)c1)C(F)(F)F. The van der Waals surface area contributed by atoms with Crippen molar-refractivity contribution in [3.63, 3.8) is 0 Å². The molecule has 18 heavy (non-hydrogen) atoms. The van der Waals surface area contributed by atoms with Crippen molar-refractivity contribution < 1.29 is 18.0 Å². The molecule has 0 aliphatic carbocycles. The molecule has 0 spiro atoms. The first-order valence-corrected chi connectivity index (χ1v) is 4.95. The number of hydrogen-bond donors (Lipinski definition) is 1. The maximum Gasteiger partial charge on any atom is 0.471 e. The predicted octanol–water partition coefficient (Wildman–Crippen LogP) is 2.37. The number of amides is 1. The summed E-state index contributed by atoms with van der Waals surface area (Å²) in [7, 11) is 0. The highest BCUT2D eigenvalue weighted by Crippen LogP contribution is 2.19. The molecule has 4 nitrogen and oxygen atoms in total. The molecule has 1 amide bonds. The molecule has 0 saturated heterocycles. The molecule has 0 aliphatic rings. The van der Waals surface area contributed by atoms with Crippen LogP contribution >= 0.6 is 0 Å². The van der Waals surface area contributed by atoms with Gasteiger partial charge in [0.1, 0.15) is 0 Å². The van der Waals surface area contributed by atoms with Crippen molar-refractivity contribution in [1.82, 2.24) is 9.78 Å². The molecule has 0 fully saturated rings. The zero-order valence-corrected chi connectivity index (χ0v) is 8.98. The van der Waals surface area contributed by atoms with Gasteiger partial charge in [0, 0.05) is 18.1 Å². The van der Waals surface area contributed by atoms with Gasteiger partial charge in [-0.3, -0.25) is 4.79 Å². The molecule has 0 radical (unpaired) electrons. The van der Waals surface area contributed by atoms with E-state index >= 15 is 0 Å². The normalized spacial score (nSPS) is 11.3. The summed E-state index contributed by atoms with van der Waals surface area (Å²) in [5, 5.41) is 5.72. The number of aromatic nitrogens is 2. The van der Waals surface area contributed by atoms with Gasteiger partial charge < -0.3 is 5.32 Å². The van der Waals surface area contributed by atoms with Gasteiger partial charge in [-0.15, -0.1) is 0 Å². The summed E-state index contributed by atoms with van der Waals surface area (Å²) in [6.45, 7) is 0. The third-order valence-corrected chi connectivity index (χ3v) is 2.13. The van der Waals surface area contributed by atoms with Gasteiger partial charge in [-0.1, -0.05) is 6.07 Å². The van der Waals surface area contributed by atoms with Crippen LogP contribution in [-0.4, -0.2) is 21.9 Å². The van der Waals surface area contributed by atoms with E-state index in [0.717, 1.165) is 0 Å². The quantitative estimate of drug-likeness (QED) is 0.895. The van der Waals surface area contributed by atoms with E-state index in [4.69, 9.17) is 0 Å². The molecule has 1 heterocycles. The number of nitrogens with one attached hydrogen (secondary N) is 1. The molecule has 0 bridgehead atoms. The largest absolute Gasteiger partial charge is 0.471 e. The second-order valence-corrected chi connectivity index (χ2v) is 3.45. The van der Waals surface area contributed by atoms with Crippen molar-refractivity contribution in [3.8, 4) is 5.69 Å². The maximum absolute atomic E-state index is 12.1. The Bertz CT molecular complexity index is 549. The Morgan fingerprint density at radius 2 is 2.06 bits per heavy atom. The molecule has 94 valence electrons. The van der Waals surface area contributed by atoms with Crippen molar-refractivity contribution in [2.45, 2.75) is 6.18 Å². The molecule has 1 N–H and O–H groups in total. The van der Waals surface area contributed by atoms with Crippen molar-refractivity contribution in [3.05, 3.63) is 42.7 Å².